The second kappa shape index (κ2) is 10.3. The van der Waals surface area contributed by atoms with Crippen LogP contribution in [0.1, 0.15) is 24.5 Å². The molecule has 0 aliphatic carbocycles. The Labute approximate surface area is 168 Å². The molecule has 2 rings (SSSR count). The van der Waals surface area contributed by atoms with E-state index in [4.69, 9.17) is 4.74 Å². The van der Waals surface area contributed by atoms with Crippen molar-refractivity contribution in [1.82, 2.24) is 10.2 Å². The van der Waals surface area contributed by atoms with Crippen LogP contribution in [0.2, 0.25) is 0 Å². The van der Waals surface area contributed by atoms with E-state index in [2.05, 4.69) is 10.3 Å². The van der Waals surface area contributed by atoms with Gasteiger partial charge in [-0.1, -0.05) is 6.07 Å². The number of guanidine groups is 1. The molecule has 1 saturated heterocycles. The Morgan fingerprint density at radius 3 is 2.73 bits per heavy atom. The van der Waals surface area contributed by atoms with Gasteiger partial charge in [0.25, 0.3) is 0 Å². The minimum Gasteiger partial charge on any atom is -0.384 e. The van der Waals surface area contributed by atoms with Crippen LogP contribution in [-0.4, -0.2) is 44.2 Å². The fourth-order valence-corrected chi connectivity index (χ4v) is 2.93. The Kier molecular flexibility index (Phi) is 9.08. The van der Waals surface area contributed by atoms with Crippen LogP contribution in [0.5, 0.6) is 0 Å². The summed E-state index contributed by atoms with van der Waals surface area (Å²) < 4.78 is 57.6. The van der Waals surface area contributed by atoms with Gasteiger partial charge in [-0.3, -0.25) is 0 Å². The van der Waals surface area contributed by atoms with Gasteiger partial charge in [0.2, 0.25) is 0 Å². The van der Waals surface area contributed by atoms with Gasteiger partial charge in [-0.25, -0.2) is 9.38 Å². The van der Waals surface area contributed by atoms with Crippen molar-refractivity contribution >= 4 is 29.9 Å². The van der Waals surface area contributed by atoms with E-state index >= 15 is 0 Å². The van der Waals surface area contributed by atoms with E-state index in [0.717, 1.165) is 31.6 Å². The second-order valence-electron chi connectivity index (χ2n) is 6.03. The third-order valence-corrected chi connectivity index (χ3v) is 4.10. The van der Waals surface area contributed by atoms with Crippen molar-refractivity contribution < 1.29 is 22.3 Å². The Hall–Kier alpha value is -1.10. The molecule has 0 saturated carbocycles. The highest BCUT2D eigenvalue weighted by atomic mass is 127. The summed E-state index contributed by atoms with van der Waals surface area (Å²) in [4.78, 5) is 6.35. The SMILES string of the molecule is CCNC(=NCc1ccc(F)cc1C(F)(F)F)N1CCC(COC)C1.I. The summed E-state index contributed by atoms with van der Waals surface area (Å²) in [6.45, 7) is 4.51. The molecule has 1 aromatic rings. The molecule has 1 heterocycles. The summed E-state index contributed by atoms with van der Waals surface area (Å²) in [6, 6.07) is 2.68. The monoisotopic (exact) mass is 489 g/mol. The van der Waals surface area contributed by atoms with Gasteiger partial charge in [-0.15, -0.1) is 24.0 Å². The van der Waals surface area contributed by atoms with Gasteiger partial charge in [0.1, 0.15) is 5.82 Å². The number of hydrogen-bond acceptors (Lipinski definition) is 2. The highest BCUT2D eigenvalue weighted by molar-refractivity contribution is 14.0. The highest BCUT2D eigenvalue weighted by Gasteiger charge is 2.33. The number of nitrogens with zero attached hydrogens (tertiary/aromatic N) is 2. The predicted molar refractivity (Wildman–Crippen MR) is 103 cm³/mol. The quantitative estimate of drug-likeness (QED) is 0.295. The number of benzene rings is 1. The lowest BCUT2D eigenvalue weighted by atomic mass is 10.1. The van der Waals surface area contributed by atoms with Gasteiger partial charge < -0.3 is 15.0 Å². The number of halogens is 5. The van der Waals surface area contributed by atoms with Gasteiger partial charge in [-0.05, 0) is 31.0 Å². The Morgan fingerprint density at radius 1 is 1.38 bits per heavy atom. The summed E-state index contributed by atoms with van der Waals surface area (Å²) in [5.41, 5.74) is -1.03. The standard InChI is InChI=1S/C17H23F4N3O.HI/c1-3-22-16(24-7-6-12(10-24)11-25-2)23-9-13-4-5-14(18)8-15(13)17(19,20)21;/h4-5,8,12H,3,6-7,9-11H2,1-2H3,(H,22,23);1H. The average molecular weight is 489 g/mol. The predicted octanol–water partition coefficient (Wildman–Crippen LogP) is 3.90. The lowest BCUT2D eigenvalue weighted by Gasteiger charge is -2.22. The van der Waals surface area contributed by atoms with Crippen LogP contribution in [0.15, 0.2) is 23.2 Å². The first kappa shape index (κ1) is 22.9. The van der Waals surface area contributed by atoms with E-state index in [-0.39, 0.29) is 36.1 Å². The third kappa shape index (κ3) is 6.26. The maximum Gasteiger partial charge on any atom is 0.416 e. The van der Waals surface area contributed by atoms with Gasteiger partial charge in [0.15, 0.2) is 5.96 Å². The molecule has 4 nitrogen and oxygen atoms in total. The molecular weight excluding hydrogens is 465 g/mol. The molecule has 1 atom stereocenters. The fraction of sp³-hybridized carbons (Fsp3) is 0.588. The minimum absolute atomic E-state index is 0. The van der Waals surface area contributed by atoms with Gasteiger partial charge in [0.05, 0.1) is 18.7 Å². The summed E-state index contributed by atoms with van der Waals surface area (Å²) in [6.07, 6.45) is -3.66. The lowest BCUT2D eigenvalue weighted by molar-refractivity contribution is -0.138. The largest absolute Gasteiger partial charge is 0.416 e. The first-order valence-electron chi connectivity index (χ1n) is 8.23. The first-order chi connectivity index (χ1) is 11.8. The van der Waals surface area contributed by atoms with Crippen molar-refractivity contribution in [2.75, 3.05) is 33.4 Å². The maximum atomic E-state index is 13.2. The summed E-state index contributed by atoms with van der Waals surface area (Å²) in [7, 11) is 1.65. The average Bonchev–Trinajstić information content (AvgIpc) is 3.00. The molecule has 1 unspecified atom stereocenters. The van der Waals surface area contributed by atoms with Crippen LogP contribution in [0.3, 0.4) is 0 Å². The molecule has 1 aliphatic rings. The highest BCUT2D eigenvalue weighted by Crippen LogP contribution is 2.33. The number of ether oxygens (including phenoxy) is 1. The van der Waals surface area contributed by atoms with E-state index in [1.165, 1.54) is 0 Å². The van der Waals surface area contributed by atoms with E-state index < -0.39 is 17.6 Å². The number of methoxy groups -OCH3 is 1. The molecule has 1 aliphatic heterocycles. The van der Waals surface area contributed by atoms with Crippen LogP contribution < -0.4 is 5.32 Å². The first-order valence-corrected chi connectivity index (χ1v) is 8.23. The molecule has 1 aromatic carbocycles. The fourth-order valence-electron chi connectivity index (χ4n) is 2.93. The van der Waals surface area contributed by atoms with Crippen molar-refractivity contribution in [3.63, 3.8) is 0 Å². The van der Waals surface area contributed by atoms with Crippen LogP contribution in [0, 0.1) is 11.7 Å². The zero-order valence-corrected chi connectivity index (χ0v) is 17.1. The van der Waals surface area contributed by atoms with Gasteiger partial charge in [0, 0.05) is 32.7 Å². The molecule has 0 bridgehead atoms. The molecule has 0 amide bonds. The summed E-state index contributed by atoms with van der Waals surface area (Å²) in [5.74, 6) is 0.0397. The Bertz CT molecular complexity index is 610. The summed E-state index contributed by atoms with van der Waals surface area (Å²) in [5, 5.41) is 3.11. The van der Waals surface area contributed by atoms with E-state index in [1.54, 1.807) is 7.11 Å². The molecule has 9 heteroatoms. The zero-order valence-electron chi connectivity index (χ0n) is 14.8. The molecule has 0 spiro atoms. The number of rotatable bonds is 5. The van der Waals surface area contributed by atoms with Crippen molar-refractivity contribution in [2.24, 2.45) is 10.9 Å². The minimum atomic E-state index is -4.61. The van der Waals surface area contributed by atoms with Crippen molar-refractivity contribution in [3.8, 4) is 0 Å². The number of nitrogens with one attached hydrogen (secondary N) is 1. The molecule has 26 heavy (non-hydrogen) atoms. The second-order valence-corrected chi connectivity index (χ2v) is 6.03. The molecule has 0 radical (unpaired) electrons. The number of hydrogen-bond donors (Lipinski definition) is 1. The Balaban J connectivity index is 0.00000338. The number of likely N-dealkylation sites (tertiary alicyclic amines) is 1. The number of alkyl halides is 3. The van der Waals surface area contributed by atoms with Crippen LogP contribution in [0.4, 0.5) is 17.6 Å². The maximum absolute atomic E-state index is 13.2. The molecular formula is C17H24F4IN3O. The van der Waals surface area contributed by atoms with Crippen LogP contribution in [0.25, 0.3) is 0 Å². The summed E-state index contributed by atoms with van der Waals surface area (Å²) >= 11 is 0. The van der Waals surface area contributed by atoms with Crippen LogP contribution in [-0.2, 0) is 17.5 Å². The van der Waals surface area contributed by atoms with Crippen molar-refractivity contribution in [3.05, 3.63) is 35.1 Å². The molecule has 148 valence electrons. The van der Waals surface area contributed by atoms with E-state index in [9.17, 15) is 17.6 Å². The van der Waals surface area contributed by atoms with Crippen molar-refractivity contribution in [2.45, 2.75) is 26.1 Å². The number of aliphatic imine (C=N–C) groups is 1. The van der Waals surface area contributed by atoms with E-state index in [0.29, 0.717) is 31.1 Å². The molecule has 1 fully saturated rings. The van der Waals surface area contributed by atoms with Crippen molar-refractivity contribution in [1.29, 1.82) is 0 Å². The Morgan fingerprint density at radius 2 is 2.12 bits per heavy atom. The third-order valence-electron chi connectivity index (χ3n) is 4.10. The topological polar surface area (TPSA) is 36.9 Å². The smallest absolute Gasteiger partial charge is 0.384 e. The normalized spacial score (nSPS) is 18.0. The van der Waals surface area contributed by atoms with Gasteiger partial charge >= 0.3 is 6.18 Å². The molecule has 1 N–H and O–H groups in total. The van der Waals surface area contributed by atoms with E-state index in [1.807, 2.05) is 11.8 Å². The van der Waals surface area contributed by atoms with Gasteiger partial charge in [-0.2, -0.15) is 13.2 Å². The zero-order chi connectivity index (χ0) is 18.4. The lowest BCUT2D eigenvalue weighted by Crippen LogP contribution is -2.40. The molecule has 0 aromatic heterocycles. The van der Waals surface area contributed by atoms with Crippen LogP contribution >= 0.6 is 24.0 Å².